The highest BCUT2D eigenvalue weighted by Crippen LogP contribution is 2.37. The molecule has 22 heavy (non-hydrogen) atoms. The first-order valence-electron chi connectivity index (χ1n) is 8.06. The Morgan fingerprint density at radius 3 is 2.77 bits per heavy atom. The molecule has 0 radical (unpaired) electrons. The maximum Gasteiger partial charge on any atom is 0.228 e. The highest BCUT2D eigenvalue weighted by atomic mass is 16.5. The van der Waals surface area contributed by atoms with E-state index in [2.05, 4.69) is 24.0 Å². The second-order valence-corrected chi connectivity index (χ2v) is 6.69. The maximum atomic E-state index is 12.4. The maximum absolute atomic E-state index is 12.4. The van der Waals surface area contributed by atoms with Crippen LogP contribution in [0.3, 0.4) is 0 Å². The first-order chi connectivity index (χ1) is 10.6. The minimum Gasteiger partial charge on any atom is -0.373 e. The average molecular weight is 303 g/mol. The van der Waals surface area contributed by atoms with Gasteiger partial charge in [0.05, 0.1) is 18.6 Å². The molecule has 1 atom stereocenters. The molecule has 1 unspecified atom stereocenters. The Labute approximate surface area is 132 Å². The summed E-state index contributed by atoms with van der Waals surface area (Å²) in [5.41, 5.74) is 0.842. The van der Waals surface area contributed by atoms with Crippen LogP contribution in [0.15, 0.2) is 24.4 Å². The van der Waals surface area contributed by atoms with Crippen molar-refractivity contribution in [2.24, 2.45) is 0 Å². The Morgan fingerprint density at radius 2 is 2.18 bits per heavy atom. The van der Waals surface area contributed by atoms with Crippen LogP contribution in [0.1, 0.15) is 25.0 Å². The molecule has 2 fully saturated rings. The van der Waals surface area contributed by atoms with Gasteiger partial charge in [-0.05, 0) is 45.5 Å². The number of piperidine rings is 1. The predicted octanol–water partition coefficient (Wildman–Crippen LogP) is 1.34. The normalized spacial score (nSPS) is 24.1. The second kappa shape index (κ2) is 6.34. The van der Waals surface area contributed by atoms with Crippen molar-refractivity contribution >= 4 is 5.91 Å². The van der Waals surface area contributed by atoms with Gasteiger partial charge in [0.25, 0.3) is 0 Å². The fraction of sp³-hybridized carbons (Fsp3) is 0.647. The zero-order valence-electron chi connectivity index (χ0n) is 13.5. The Kier molecular flexibility index (Phi) is 4.45. The van der Waals surface area contributed by atoms with Gasteiger partial charge < -0.3 is 14.5 Å². The fourth-order valence-corrected chi connectivity index (χ4v) is 3.43. The number of likely N-dealkylation sites (tertiary alicyclic amines) is 1. The number of nitrogens with zero attached hydrogens (tertiary/aromatic N) is 3. The summed E-state index contributed by atoms with van der Waals surface area (Å²) >= 11 is 0. The zero-order valence-corrected chi connectivity index (χ0v) is 13.5. The highest BCUT2D eigenvalue weighted by molar-refractivity contribution is 5.78. The van der Waals surface area contributed by atoms with Crippen LogP contribution >= 0.6 is 0 Å². The molecule has 1 amide bonds. The van der Waals surface area contributed by atoms with Crippen LogP contribution in [0, 0.1) is 0 Å². The topological polar surface area (TPSA) is 45.7 Å². The van der Waals surface area contributed by atoms with E-state index in [1.54, 1.807) is 6.20 Å². The van der Waals surface area contributed by atoms with E-state index < -0.39 is 0 Å². The Balaban J connectivity index is 1.53. The van der Waals surface area contributed by atoms with Crippen molar-refractivity contribution in [2.75, 3.05) is 33.8 Å². The third kappa shape index (κ3) is 3.31. The Morgan fingerprint density at radius 1 is 1.41 bits per heavy atom. The summed E-state index contributed by atoms with van der Waals surface area (Å²) in [6, 6.07) is 6.22. The molecule has 2 saturated heterocycles. The smallest absolute Gasteiger partial charge is 0.228 e. The molecule has 3 rings (SSSR count). The van der Waals surface area contributed by atoms with E-state index in [0.29, 0.717) is 12.5 Å². The molecule has 2 aliphatic heterocycles. The lowest BCUT2D eigenvalue weighted by atomic mass is 9.87. The molecule has 0 saturated carbocycles. The molecule has 3 heterocycles. The summed E-state index contributed by atoms with van der Waals surface area (Å²) < 4.78 is 6.11. The number of aromatic nitrogens is 1. The number of pyridine rings is 1. The van der Waals surface area contributed by atoms with Gasteiger partial charge in [0.1, 0.15) is 0 Å². The van der Waals surface area contributed by atoms with E-state index >= 15 is 0 Å². The molecule has 1 aromatic rings. The van der Waals surface area contributed by atoms with Crippen molar-refractivity contribution in [1.82, 2.24) is 14.8 Å². The molecule has 1 aromatic heterocycles. The number of hydrogen-bond acceptors (Lipinski definition) is 4. The molecule has 2 aliphatic rings. The van der Waals surface area contributed by atoms with Gasteiger partial charge >= 0.3 is 0 Å². The van der Waals surface area contributed by atoms with Crippen molar-refractivity contribution in [2.45, 2.75) is 37.3 Å². The molecule has 5 heteroatoms. The zero-order chi connectivity index (χ0) is 15.6. The number of carbonyl (C=O) groups is 1. The number of rotatable bonds is 3. The lowest BCUT2D eigenvalue weighted by Crippen LogP contribution is -2.47. The predicted molar refractivity (Wildman–Crippen MR) is 84.5 cm³/mol. The van der Waals surface area contributed by atoms with Gasteiger partial charge in [-0.3, -0.25) is 9.78 Å². The first kappa shape index (κ1) is 15.4. The largest absolute Gasteiger partial charge is 0.373 e. The van der Waals surface area contributed by atoms with Gasteiger partial charge in [-0.25, -0.2) is 0 Å². The summed E-state index contributed by atoms with van der Waals surface area (Å²) in [6.07, 6.45) is 5.12. The van der Waals surface area contributed by atoms with E-state index in [4.69, 9.17) is 4.74 Å². The van der Waals surface area contributed by atoms with E-state index in [0.717, 1.165) is 44.7 Å². The van der Waals surface area contributed by atoms with Gasteiger partial charge in [-0.2, -0.15) is 0 Å². The van der Waals surface area contributed by atoms with Crippen molar-refractivity contribution in [1.29, 1.82) is 0 Å². The summed E-state index contributed by atoms with van der Waals surface area (Å²) in [7, 11) is 4.22. The van der Waals surface area contributed by atoms with E-state index in [1.165, 1.54) is 0 Å². The number of likely N-dealkylation sites (N-methyl/N-ethyl adjacent to an activating group) is 1. The van der Waals surface area contributed by atoms with Gasteiger partial charge in [0, 0.05) is 31.0 Å². The van der Waals surface area contributed by atoms with Crippen LogP contribution in [-0.4, -0.2) is 66.1 Å². The quantitative estimate of drug-likeness (QED) is 0.845. The van der Waals surface area contributed by atoms with E-state index in [1.807, 2.05) is 23.1 Å². The third-order valence-corrected chi connectivity index (χ3v) is 5.01. The van der Waals surface area contributed by atoms with E-state index in [-0.39, 0.29) is 11.5 Å². The van der Waals surface area contributed by atoms with Crippen molar-refractivity contribution in [3.8, 4) is 0 Å². The van der Waals surface area contributed by atoms with Gasteiger partial charge in [0.2, 0.25) is 5.91 Å². The standard InChI is InChI=1S/C17H25N3O2/c1-19(2)15-12-17(22-13-15)6-9-20(10-7-17)16(21)11-14-5-3-4-8-18-14/h3-5,8,15H,6-7,9-13H2,1-2H3. The minimum absolute atomic E-state index is 0.00326. The summed E-state index contributed by atoms with van der Waals surface area (Å²) in [6.45, 7) is 2.41. The number of carbonyl (C=O) groups excluding carboxylic acids is 1. The van der Waals surface area contributed by atoms with Crippen LogP contribution in [0.2, 0.25) is 0 Å². The molecule has 120 valence electrons. The van der Waals surface area contributed by atoms with Crippen LogP contribution < -0.4 is 0 Å². The molecule has 5 nitrogen and oxygen atoms in total. The molecule has 0 bridgehead atoms. The average Bonchev–Trinajstić information content (AvgIpc) is 2.93. The highest BCUT2D eigenvalue weighted by Gasteiger charge is 2.43. The van der Waals surface area contributed by atoms with Crippen LogP contribution in [-0.2, 0) is 16.0 Å². The molecule has 0 aromatic carbocycles. The molecular formula is C17H25N3O2. The Bertz CT molecular complexity index is 510. The van der Waals surface area contributed by atoms with Crippen LogP contribution in [0.4, 0.5) is 0 Å². The van der Waals surface area contributed by atoms with Crippen molar-refractivity contribution in [3.05, 3.63) is 30.1 Å². The van der Waals surface area contributed by atoms with E-state index in [9.17, 15) is 4.79 Å². The SMILES string of the molecule is CN(C)C1COC2(CCN(C(=O)Cc3ccccn3)CC2)C1. The minimum atomic E-state index is -0.00326. The number of hydrogen-bond donors (Lipinski definition) is 0. The van der Waals surface area contributed by atoms with Gasteiger partial charge in [-0.1, -0.05) is 6.07 Å². The van der Waals surface area contributed by atoms with Gasteiger partial charge in [-0.15, -0.1) is 0 Å². The molecule has 1 spiro atoms. The molecule has 0 aliphatic carbocycles. The third-order valence-electron chi connectivity index (χ3n) is 5.01. The summed E-state index contributed by atoms with van der Waals surface area (Å²) in [5.74, 6) is 0.177. The fourth-order valence-electron chi connectivity index (χ4n) is 3.43. The monoisotopic (exact) mass is 303 g/mol. The number of ether oxygens (including phenoxy) is 1. The lowest BCUT2D eigenvalue weighted by Gasteiger charge is -2.39. The Hall–Kier alpha value is -1.46. The molecular weight excluding hydrogens is 278 g/mol. The van der Waals surface area contributed by atoms with Crippen molar-refractivity contribution in [3.63, 3.8) is 0 Å². The van der Waals surface area contributed by atoms with Crippen LogP contribution in [0.25, 0.3) is 0 Å². The lowest BCUT2D eigenvalue weighted by molar-refractivity contribution is -0.135. The summed E-state index contributed by atoms with van der Waals surface area (Å²) in [4.78, 5) is 20.8. The molecule has 0 N–H and O–H groups in total. The first-order valence-corrected chi connectivity index (χ1v) is 8.06. The van der Waals surface area contributed by atoms with Gasteiger partial charge in [0.15, 0.2) is 0 Å². The second-order valence-electron chi connectivity index (χ2n) is 6.69. The summed E-state index contributed by atoms with van der Waals surface area (Å²) in [5, 5.41) is 0. The van der Waals surface area contributed by atoms with Crippen molar-refractivity contribution < 1.29 is 9.53 Å². The van der Waals surface area contributed by atoms with Crippen LogP contribution in [0.5, 0.6) is 0 Å². The number of amides is 1.